The average molecular weight is 220 g/mol. The summed E-state index contributed by atoms with van der Waals surface area (Å²) < 4.78 is 6.43. The van der Waals surface area contributed by atoms with Gasteiger partial charge in [-0.2, -0.15) is 0 Å². The standard InChI is InChI=1S/C12H12O2S/c1-3-10-12(14-8(2)13)9-6-4-5-7-11(9)15-10/h4-7H,3H2,1-2H3. The van der Waals surface area contributed by atoms with Crippen molar-refractivity contribution in [3.63, 3.8) is 0 Å². The summed E-state index contributed by atoms with van der Waals surface area (Å²) >= 11 is 1.69. The second-order valence-electron chi connectivity index (χ2n) is 3.30. The third-order valence-corrected chi connectivity index (χ3v) is 3.48. The number of fused-ring (bicyclic) bond motifs is 1. The predicted molar refractivity (Wildman–Crippen MR) is 62.5 cm³/mol. The number of carbonyl (C=O) groups excluding carboxylic acids is 1. The van der Waals surface area contributed by atoms with Gasteiger partial charge in [-0.25, -0.2) is 0 Å². The molecule has 0 N–H and O–H groups in total. The molecule has 0 spiro atoms. The fourth-order valence-electron chi connectivity index (χ4n) is 1.56. The van der Waals surface area contributed by atoms with Crippen LogP contribution in [0.2, 0.25) is 0 Å². The highest BCUT2D eigenvalue weighted by Gasteiger charge is 2.13. The van der Waals surface area contributed by atoms with Crippen LogP contribution in [-0.2, 0) is 11.2 Å². The molecule has 1 aromatic heterocycles. The normalized spacial score (nSPS) is 10.5. The second kappa shape index (κ2) is 4.03. The molecular formula is C12H12O2S. The van der Waals surface area contributed by atoms with E-state index in [9.17, 15) is 4.79 Å². The lowest BCUT2D eigenvalue weighted by Crippen LogP contribution is -2.02. The monoisotopic (exact) mass is 220 g/mol. The van der Waals surface area contributed by atoms with E-state index in [-0.39, 0.29) is 5.97 Å². The number of aryl methyl sites for hydroxylation is 1. The summed E-state index contributed by atoms with van der Waals surface area (Å²) in [6, 6.07) is 7.99. The molecule has 0 aliphatic heterocycles. The first-order valence-electron chi connectivity index (χ1n) is 4.91. The maximum absolute atomic E-state index is 11.0. The van der Waals surface area contributed by atoms with Crippen molar-refractivity contribution in [2.45, 2.75) is 20.3 Å². The molecule has 0 saturated heterocycles. The smallest absolute Gasteiger partial charge is 0.308 e. The van der Waals surface area contributed by atoms with E-state index in [0.717, 1.165) is 22.4 Å². The van der Waals surface area contributed by atoms with Crippen LogP contribution < -0.4 is 4.74 Å². The lowest BCUT2D eigenvalue weighted by atomic mass is 10.2. The highest BCUT2D eigenvalue weighted by Crippen LogP contribution is 2.37. The lowest BCUT2D eigenvalue weighted by Gasteiger charge is -2.01. The predicted octanol–water partition coefficient (Wildman–Crippen LogP) is 3.39. The Morgan fingerprint density at radius 2 is 2.13 bits per heavy atom. The van der Waals surface area contributed by atoms with Gasteiger partial charge < -0.3 is 4.74 Å². The number of rotatable bonds is 2. The molecule has 1 aromatic carbocycles. The third kappa shape index (κ3) is 1.88. The summed E-state index contributed by atoms with van der Waals surface area (Å²) in [5, 5.41) is 1.04. The highest BCUT2D eigenvalue weighted by atomic mass is 32.1. The van der Waals surface area contributed by atoms with Crippen LogP contribution in [0.25, 0.3) is 10.1 Å². The van der Waals surface area contributed by atoms with Gasteiger partial charge in [-0.05, 0) is 18.6 Å². The first kappa shape index (κ1) is 10.2. The Morgan fingerprint density at radius 1 is 1.40 bits per heavy atom. The van der Waals surface area contributed by atoms with Gasteiger partial charge in [0.15, 0.2) is 5.75 Å². The number of benzene rings is 1. The molecule has 0 unspecified atom stereocenters. The van der Waals surface area contributed by atoms with Gasteiger partial charge in [0.05, 0.1) is 0 Å². The average Bonchev–Trinajstić information content (AvgIpc) is 2.56. The number of ether oxygens (including phenoxy) is 1. The van der Waals surface area contributed by atoms with Crippen LogP contribution in [0.1, 0.15) is 18.7 Å². The zero-order valence-electron chi connectivity index (χ0n) is 8.74. The zero-order valence-corrected chi connectivity index (χ0v) is 9.56. The third-order valence-electron chi connectivity index (χ3n) is 2.19. The Bertz CT molecular complexity index is 499. The Hall–Kier alpha value is -1.35. The maximum atomic E-state index is 11.0. The fraction of sp³-hybridized carbons (Fsp3) is 0.250. The minimum absolute atomic E-state index is 0.256. The van der Waals surface area contributed by atoms with E-state index in [1.807, 2.05) is 24.3 Å². The molecule has 3 heteroatoms. The van der Waals surface area contributed by atoms with Gasteiger partial charge in [-0.15, -0.1) is 11.3 Å². The van der Waals surface area contributed by atoms with Crippen molar-refractivity contribution >= 4 is 27.4 Å². The van der Waals surface area contributed by atoms with Crippen LogP contribution in [-0.4, -0.2) is 5.97 Å². The van der Waals surface area contributed by atoms with Crippen LogP contribution in [0.4, 0.5) is 0 Å². The summed E-state index contributed by atoms with van der Waals surface area (Å²) in [6.07, 6.45) is 0.891. The molecule has 0 bridgehead atoms. The molecule has 2 nitrogen and oxygen atoms in total. The van der Waals surface area contributed by atoms with Crippen LogP contribution in [0.15, 0.2) is 24.3 Å². The van der Waals surface area contributed by atoms with Crippen LogP contribution >= 0.6 is 11.3 Å². The number of hydrogen-bond donors (Lipinski definition) is 0. The summed E-state index contributed by atoms with van der Waals surface area (Å²) in [5.74, 6) is 0.485. The molecule has 0 aliphatic rings. The van der Waals surface area contributed by atoms with E-state index in [0.29, 0.717) is 0 Å². The number of esters is 1. The van der Waals surface area contributed by atoms with Crippen molar-refractivity contribution < 1.29 is 9.53 Å². The topological polar surface area (TPSA) is 26.3 Å². The Balaban J connectivity index is 2.61. The molecule has 0 radical (unpaired) electrons. The zero-order chi connectivity index (χ0) is 10.8. The van der Waals surface area contributed by atoms with E-state index in [2.05, 4.69) is 6.92 Å². The Labute approximate surface area is 92.5 Å². The SMILES string of the molecule is CCc1sc2ccccc2c1OC(C)=O. The molecular weight excluding hydrogens is 208 g/mol. The Morgan fingerprint density at radius 3 is 2.80 bits per heavy atom. The van der Waals surface area contributed by atoms with Crippen molar-refractivity contribution in [3.8, 4) is 5.75 Å². The van der Waals surface area contributed by atoms with Gasteiger partial charge in [0, 0.05) is 21.9 Å². The molecule has 2 rings (SSSR count). The molecule has 78 valence electrons. The maximum Gasteiger partial charge on any atom is 0.308 e. The van der Waals surface area contributed by atoms with Crippen LogP contribution in [0.3, 0.4) is 0 Å². The molecule has 0 saturated carbocycles. The van der Waals surface area contributed by atoms with Gasteiger partial charge >= 0.3 is 5.97 Å². The van der Waals surface area contributed by atoms with Crippen LogP contribution in [0, 0.1) is 0 Å². The van der Waals surface area contributed by atoms with Crippen molar-refractivity contribution in [1.82, 2.24) is 0 Å². The highest BCUT2D eigenvalue weighted by molar-refractivity contribution is 7.19. The van der Waals surface area contributed by atoms with E-state index >= 15 is 0 Å². The van der Waals surface area contributed by atoms with Gasteiger partial charge in [0.1, 0.15) is 0 Å². The molecule has 0 aliphatic carbocycles. The van der Waals surface area contributed by atoms with E-state index in [1.54, 1.807) is 11.3 Å². The molecule has 0 fully saturated rings. The number of hydrogen-bond acceptors (Lipinski definition) is 3. The number of thiophene rings is 1. The molecule has 2 aromatic rings. The van der Waals surface area contributed by atoms with Gasteiger partial charge in [0.2, 0.25) is 0 Å². The first-order valence-corrected chi connectivity index (χ1v) is 5.73. The Kier molecular flexibility index (Phi) is 2.73. The van der Waals surface area contributed by atoms with Gasteiger partial charge in [-0.1, -0.05) is 19.1 Å². The second-order valence-corrected chi connectivity index (χ2v) is 4.43. The van der Waals surface area contributed by atoms with E-state index in [1.165, 1.54) is 11.6 Å². The lowest BCUT2D eigenvalue weighted by molar-refractivity contribution is -0.131. The summed E-state index contributed by atoms with van der Waals surface area (Å²) in [6.45, 7) is 3.50. The first-order chi connectivity index (χ1) is 7.22. The van der Waals surface area contributed by atoms with Crippen molar-refractivity contribution in [3.05, 3.63) is 29.1 Å². The van der Waals surface area contributed by atoms with Crippen molar-refractivity contribution in [1.29, 1.82) is 0 Å². The quantitative estimate of drug-likeness (QED) is 0.725. The fourth-order valence-corrected chi connectivity index (χ4v) is 2.63. The number of carbonyl (C=O) groups is 1. The summed E-state index contributed by atoms with van der Waals surface area (Å²) in [5.41, 5.74) is 0. The van der Waals surface area contributed by atoms with Crippen molar-refractivity contribution in [2.24, 2.45) is 0 Å². The summed E-state index contributed by atoms with van der Waals surface area (Å²) in [7, 11) is 0. The molecule has 0 atom stereocenters. The summed E-state index contributed by atoms with van der Waals surface area (Å²) in [4.78, 5) is 12.1. The molecule has 15 heavy (non-hydrogen) atoms. The minimum atomic E-state index is -0.256. The van der Waals surface area contributed by atoms with E-state index in [4.69, 9.17) is 4.74 Å². The van der Waals surface area contributed by atoms with Crippen LogP contribution in [0.5, 0.6) is 5.75 Å². The van der Waals surface area contributed by atoms with Gasteiger partial charge in [0.25, 0.3) is 0 Å². The van der Waals surface area contributed by atoms with Crippen molar-refractivity contribution in [2.75, 3.05) is 0 Å². The molecule has 0 amide bonds. The van der Waals surface area contributed by atoms with Gasteiger partial charge in [-0.3, -0.25) is 4.79 Å². The minimum Gasteiger partial charge on any atom is -0.425 e. The van der Waals surface area contributed by atoms with E-state index < -0.39 is 0 Å². The largest absolute Gasteiger partial charge is 0.425 e. The molecule has 1 heterocycles.